The molecule has 3 rings (SSSR count). The number of aliphatic imine (C=N–C) groups is 1. The first-order chi connectivity index (χ1) is 13.9. The summed E-state index contributed by atoms with van der Waals surface area (Å²) in [6, 6.07) is 5.24. The maximum Gasteiger partial charge on any atom is 0.191 e. The average molecular weight is 530 g/mol. The summed E-state index contributed by atoms with van der Waals surface area (Å²) in [5.41, 5.74) is 1.33. The Morgan fingerprint density at radius 1 is 1.27 bits per heavy atom. The topological polar surface area (TPSA) is 66.7 Å². The number of nitrogens with one attached hydrogen (secondary N) is 2. The van der Waals surface area contributed by atoms with Crippen LogP contribution in [-0.4, -0.2) is 65.8 Å². The van der Waals surface area contributed by atoms with Gasteiger partial charge in [0.2, 0.25) is 0 Å². The normalized spacial score (nSPS) is 15.6. The van der Waals surface area contributed by atoms with Crippen molar-refractivity contribution in [1.82, 2.24) is 25.1 Å². The Bertz CT molecular complexity index is 848. The number of guanidine groups is 1. The van der Waals surface area contributed by atoms with E-state index in [2.05, 4.69) is 39.4 Å². The second-order valence-electron chi connectivity index (χ2n) is 7.82. The van der Waals surface area contributed by atoms with Crippen molar-refractivity contribution in [3.8, 4) is 5.69 Å². The van der Waals surface area contributed by atoms with Gasteiger partial charge in [0.25, 0.3) is 0 Å². The lowest BCUT2D eigenvalue weighted by Crippen LogP contribution is -2.56. The summed E-state index contributed by atoms with van der Waals surface area (Å²) in [5.74, 6) is 1.17. The molecule has 2 N–H and O–H groups in total. The number of rotatable bonds is 6. The molecule has 0 radical (unpaired) electrons. The Kier molecular flexibility index (Phi) is 9.05. The van der Waals surface area contributed by atoms with Gasteiger partial charge in [0.15, 0.2) is 5.96 Å². The molecule has 0 unspecified atom stereocenters. The monoisotopic (exact) mass is 530 g/mol. The minimum absolute atomic E-state index is 0. The van der Waals surface area contributed by atoms with Crippen molar-refractivity contribution in [2.45, 2.75) is 32.9 Å². The second kappa shape index (κ2) is 11.1. The molecule has 0 amide bonds. The van der Waals surface area contributed by atoms with Crippen molar-refractivity contribution in [3.05, 3.63) is 47.8 Å². The molecule has 1 fully saturated rings. The van der Waals surface area contributed by atoms with Crippen LogP contribution in [0, 0.1) is 12.7 Å². The Balaban J connectivity index is 0.00000320. The predicted octanol–water partition coefficient (Wildman–Crippen LogP) is 2.71. The van der Waals surface area contributed by atoms with Gasteiger partial charge in [-0.1, -0.05) is 6.07 Å². The third-order valence-corrected chi connectivity index (χ3v) is 5.34. The molecule has 0 bridgehead atoms. The van der Waals surface area contributed by atoms with Gasteiger partial charge in [-0.2, -0.15) is 0 Å². The first-order valence-electron chi connectivity index (χ1n) is 9.97. The Labute approximate surface area is 195 Å². The van der Waals surface area contributed by atoms with Crippen molar-refractivity contribution in [3.63, 3.8) is 0 Å². The van der Waals surface area contributed by atoms with E-state index >= 15 is 0 Å². The highest BCUT2D eigenvalue weighted by Crippen LogP contribution is 2.17. The molecule has 30 heavy (non-hydrogen) atoms. The molecule has 1 aromatic heterocycles. The third-order valence-electron chi connectivity index (χ3n) is 5.34. The van der Waals surface area contributed by atoms with Crippen molar-refractivity contribution in [2.24, 2.45) is 4.99 Å². The first-order valence-corrected chi connectivity index (χ1v) is 9.97. The molecule has 1 aliphatic heterocycles. The minimum atomic E-state index is -0.276. The van der Waals surface area contributed by atoms with Crippen LogP contribution in [0.4, 0.5) is 4.39 Å². The molecular formula is C21H32FIN6O. The summed E-state index contributed by atoms with van der Waals surface area (Å²) in [5, 5.41) is 6.65. The number of nitrogens with zero attached hydrogens (tertiary/aromatic N) is 4. The van der Waals surface area contributed by atoms with E-state index in [1.807, 2.05) is 13.0 Å². The Morgan fingerprint density at radius 3 is 2.60 bits per heavy atom. The molecule has 0 saturated carbocycles. The van der Waals surface area contributed by atoms with Gasteiger partial charge in [0.05, 0.1) is 18.9 Å². The quantitative estimate of drug-likeness (QED) is 0.342. The fourth-order valence-corrected chi connectivity index (χ4v) is 3.48. The van der Waals surface area contributed by atoms with Crippen LogP contribution in [0.15, 0.2) is 35.6 Å². The number of hydrogen-bond acceptors (Lipinski definition) is 4. The van der Waals surface area contributed by atoms with Crippen LogP contribution in [0.1, 0.15) is 25.2 Å². The Hall–Kier alpha value is -1.72. The van der Waals surface area contributed by atoms with Crippen LogP contribution < -0.4 is 10.6 Å². The van der Waals surface area contributed by atoms with E-state index in [0.717, 1.165) is 44.2 Å². The maximum absolute atomic E-state index is 14.6. The summed E-state index contributed by atoms with van der Waals surface area (Å²) in [6.07, 6.45) is 3.42. The standard InChI is InChI=1S/C21H31FN6O.HI/c1-16-24-7-8-28(16)19-6-5-17(13-18(19)22)14-25-20(23-4)26-15-21(2,3)27-9-11-29-12-10-27;/h5-8,13H,9-12,14-15H2,1-4H3,(H2,23,25,26);1H. The number of benzene rings is 1. The third kappa shape index (κ3) is 6.14. The predicted molar refractivity (Wildman–Crippen MR) is 128 cm³/mol. The van der Waals surface area contributed by atoms with E-state index in [0.29, 0.717) is 18.2 Å². The smallest absolute Gasteiger partial charge is 0.191 e. The lowest BCUT2D eigenvalue weighted by atomic mass is 10.0. The number of hydrogen-bond donors (Lipinski definition) is 2. The van der Waals surface area contributed by atoms with Gasteiger partial charge in [-0.05, 0) is 38.5 Å². The zero-order chi connectivity index (χ0) is 20.9. The van der Waals surface area contributed by atoms with Crippen LogP contribution in [0.3, 0.4) is 0 Å². The van der Waals surface area contributed by atoms with E-state index in [1.165, 1.54) is 0 Å². The molecule has 0 atom stereocenters. The van der Waals surface area contributed by atoms with E-state index in [1.54, 1.807) is 36.1 Å². The molecule has 0 aliphatic carbocycles. The molecule has 166 valence electrons. The summed E-state index contributed by atoms with van der Waals surface area (Å²) in [4.78, 5) is 10.9. The molecule has 7 nitrogen and oxygen atoms in total. The maximum atomic E-state index is 14.6. The molecule has 2 aromatic rings. The van der Waals surface area contributed by atoms with E-state index in [9.17, 15) is 4.39 Å². The number of ether oxygens (including phenoxy) is 1. The van der Waals surface area contributed by atoms with Gasteiger partial charge in [-0.3, -0.25) is 9.89 Å². The van der Waals surface area contributed by atoms with Gasteiger partial charge in [0, 0.05) is 51.2 Å². The largest absolute Gasteiger partial charge is 0.379 e. The van der Waals surface area contributed by atoms with E-state index in [-0.39, 0.29) is 35.3 Å². The van der Waals surface area contributed by atoms with E-state index in [4.69, 9.17) is 4.74 Å². The lowest BCUT2D eigenvalue weighted by Gasteiger charge is -2.41. The van der Waals surface area contributed by atoms with Crippen LogP contribution in [0.2, 0.25) is 0 Å². The molecule has 2 heterocycles. The molecule has 1 aliphatic rings. The fourth-order valence-electron chi connectivity index (χ4n) is 3.48. The van der Waals surface area contributed by atoms with Gasteiger partial charge in [-0.15, -0.1) is 24.0 Å². The zero-order valence-electron chi connectivity index (χ0n) is 18.1. The van der Waals surface area contributed by atoms with Crippen molar-refractivity contribution in [2.75, 3.05) is 39.9 Å². The molecule has 9 heteroatoms. The van der Waals surface area contributed by atoms with E-state index < -0.39 is 0 Å². The summed E-state index contributed by atoms with van der Waals surface area (Å²) >= 11 is 0. The molecule has 1 saturated heterocycles. The first kappa shape index (κ1) is 24.5. The zero-order valence-corrected chi connectivity index (χ0v) is 20.4. The van der Waals surface area contributed by atoms with Crippen LogP contribution in [0.5, 0.6) is 0 Å². The van der Waals surface area contributed by atoms with Gasteiger partial charge in [0.1, 0.15) is 11.6 Å². The van der Waals surface area contributed by atoms with Crippen molar-refractivity contribution >= 4 is 29.9 Å². The highest BCUT2D eigenvalue weighted by Gasteiger charge is 2.28. The van der Waals surface area contributed by atoms with Crippen LogP contribution in [-0.2, 0) is 11.3 Å². The SMILES string of the molecule is CN=C(NCc1ccc(-n2ccnc2C)c(F)c1)NCC(C)(C)N1CCOCC1.I. The summed E-state index contributed by atoms with van der Waals surface area (Å²) in [7, 11) is 1.74. The van der Waals surface area contributed by atoms with Crippen molar-refractivity contribution < 1.29 is 9.13 Å². The Morgan fingerprint density at radius 2 is 2.00 bits per heavy atom. The molecule has 1 aromatic carbocycles. The van der Waals surface area contributed by atoms with Crippen molar-refractivity contribution in [1.29, 1.82) is 0 Å². The van der Waals surface area contributed by atoms with Gasteiger partial charge >= 0.3 is 0 Å². The molecule has 0 spiro atoms. The van der Waals surface area contributed by atoms with Gasteiger partial charge in [-0.25, -0.2) is 9.37 Å². The number of morpholine rings is 1. The summed E-state index contributed by atoms with van der Waals surface area (Å²) < 4.78 is 21.8. The minimum Gasteiger partial charge on any atom is -0.379 e. The highest BCUT2D eigenvalue weighted by molar-refractivity contribution is 14.0. The number of halogens is 2. The molecular weight excluding hydrogens is 498 g/mol. The number of imidazole rings is 1. The summed E-state index contributed by atoms with van der Waals surface area (Å²) in [6.45, 7) is 10.9. The number of aryl methyl sites for hydroxylation is 1. The van der Waals surface area contributed by atoms with Gasteiger partial charge < -0.3 is 19.9 Å². The average Bonchev–Trinajstić information content (AvgIpc) is 3.14. The second-order valence-corrected chi connectivity index (χ2v) is 7.82. The van der Waals surface area contributed by atoms with Crippen LogP contribution >= 0.6 is 24.0 Å². The number of aromatic nitrogens is 2. The highest BCUT2D eigenvalue weighted by atomic mass is 127. The fraction of sp³-hybridized carbons (Fsp3) is 0.524. The van der Waals surface area contributed by atoms with Crippen LogP contribution in [0.25, 0.3) is 5.69 Å². The lowest BCUT2D eigenvalue weighted by molar-refractivity contribution is -0.00834.